The van der Waals surface area contributed by atoms with Crippen LogP contribution in [0.15, 0.2) is 18.7 Å². The number of carbonyl (C=O) groups is 1. The van der Waals surface area contributed by atoms with Gasteiger partial charge in [0.1, 0.15) is 0 Å². The Hall–Kier alpha value is -1.51. The van der Waals surface area contributed by atoms with Gasteiger partial charge in [0, 0.05) is 17.9 Å². The maximum Gasteiger partial charge on any atom is 0.243 e. The Kier molecular flexibility index (Phi) is 3.36. The summed E-state index contributed by atoms with van der Waals surface area (Å²) in [5, 5.41) is 3.02. The lowest BCUT2D eigenvalue weighted by molar-refractivity contribution is -0.117. The standard InChI is InChI=1S/C14H20N2O/c1-4-14(17)15-12-7-6-8-13-11(12)9-10(3)16(13)5-2/h4,9,12H,1,5-8H2,2-3H3,(H,15,17). The van der Waals surface area contributed by atoms with E-state index in [1.54, 1.807) is 0 Å². The van der Waals surface area contributed by atoms with E-state index in [2.05, 4.69) is 36.4 Å². The Morgan fingerprint density at radius 3 is 3.12 bits per heavy atom. The molecule has 1 atom stereocenters. The van der Waals surface area contributed by atoms with E-state index in [0.717, 1.165) is 25.8 Å². The number of carbonyl (C=O) groups excluding carboxylic acids is 1. The van der Waals surface area contributed by atoms with E-state index in [1.165, 1.54) is 23.0 Å². The van der Waals surface area contributed by atoms with Crippen LogP contribution in [0.4, 0.5) is 0 Å². The summed E-state index contributed by atoms with van der Waals surface area (Å²) in [4.78, 5) is 11.4. The molecule has 0 bridgehead atoms. The summed E-state index contributed by atoms with van der Waals surface area (Å²) < 4.78 is 2.35. The number of aromatic nitrogens is 1. The molecule has 1 aliphatic carbocycles. The molecule has 1 unspecified atom stereocenters. The first-order valence-corrected chi connectivity index (χ1v) is 6.29. The van der Waals surface area contributed by atoms with Gasteiger partial charge >= 0.3 is 0 Å². The Morgan fingerprint density at radius 1 is 1.71 bits per heavy atom. The number of nitrogens with zero attached hydrogens (tertiary/aromatic N) is 1. The van der Waals surface area contributed by atoms with Gasteiger partial charge in [-0.2, -0.15) is 0 Å². The molecule has 1 heterocycles. The van der Waals surface area contributed by atoms with Gasteiger partial charge in [-0.05, 0) is 50.8 Å². The molecule has 3 heteroatoms. The van der Waals surface area contributed by atoms with E-state index in [0.29, 0.717) is 0 Å². The summed E-state index contributed by atoms with van der Waals surface area (Å²) >= 11 is 0. The second-order valence-corrected chi connectivity index (χ2v) is 4.59. The molecule has 0 saturated heterocycles. The zero-order valence-corrected chi connectivity index (χ0v) is 10.6. The van der Waals surface area contributed by atoms with Crippen molar-refractivity contribution >= 4 is 5.91 Å². The fraction of sp³-hybridized carbons (Fsp3) is 0.500. The third kappa shape index (κ3) is 2.14. The van der Waals surface area contributed by atoms with Gasteiger partial charge in [-0.1, -0.05) is 6.58 Å². The van der Waals surface area contributed by atoms with Gasteiger partial charge in [0.05, 0.1) is 6.04 Å². The van der Waals surface area contributed by atoms with Gasteiger partial charge in [0.15, 0.2) is 0 Å². The molecule has 0 aromatic carbocycles. The molecular weight excluding hydrogens is 212 g/mol. The monoisotopic (exact) mass is 232 g/mol. The van der Waals surface area contributed by atoms with Gasteiger partial charge in [-0.3, -0.25) is 4.79 Å². The zero-order chi connectivity index (χ0) is 12.4. The molecule has 1 aromatic heterocycles. The molecule has 1 aromatic rings. The van der Waals surface area contributed by atoms with E-state index in [-0.39, 0.29) is 11.9 Å². The Labute approximate surface area is 103 Å². The fourth-order valence-corrected chi connectivity index (χ4v) is 2.79. The summed E-state index contributed by atoms with van der Waals surface area (Å²) in [6.45, 7) is 8.81. The quantitative estimate of drug-likeness (QED) is 0.798. The van der Waals surface area contributed by atoms with E-state index in [1.807, 2.05) is 0 Å². The first-order valence-electron chi connectivity index (χ1n) is 6.29. The molecule has 1 N–H and O–H groups in total. The lowest BCUT2D eigenvalue weighted by Gasteiger charge is -2.24. The summed E-state index contributed by atoms with van der Waals surface area (Å²) in [5.74, 6) is -0.0789. The van der Waals surface area contributed by atoms with Crippen LogP contribution in [-0.2, 0) is 17.8 Å². The fourth-order valence-electron chi connectivity index (χ4n) is 2.79. The second-order valence-electron chi connectivity index (χ2n) is 4.59. The van der Waals surface area contributed by atoms with Crippen molar-refractivity contribution in [2.45, 2.75) is 45.7 Å². The highest BCUT2D eigenvalue weighted by Crippen LogP contribution is 2.32. The molecule has 1 aliphatic rings. The van der Waals surface area contributed by atoms with Gasteiger partial charge in [0.25, 0.3) is 0 Å². The Morgan fingerprint density at radius 2 is 2.47 bits per heavy atom. The molecule has 92 valence electrons. The SMILES string of the molecule is C=CC(=O)NC1CCCc2c1cc(C)n2CC. The maximum absolute atomic E-state index is 11.4. The number of aryl methyl sites for hydroxylation is 1. The summed E-state index contributed by atoms with van der Waals surface area (Å²) in [6, 6.07) is 2.38. The van der Waals surface area contributed by atoms with Crippen molar-refractivity contribution in [3.8, 4) is 0 Å². The largest absolute Gasteiger partial charge is 0.349 e. The Balaban J connectivity index is 2.31. The normalized spacial score (nSPS) is 18.6. The van der Waals surface area contributed by atoms with Crippen molar-refractivity contribution in [1.29, 1.82) is 0 Å². The number of amides is 1. The van der Waals surface area contributed by atoms with Crippen LogP contribution in [0.25, 0.3) is 0 Å². The molecule has 0 fully saturated rings. The number of nitrogens with one attached hydrogen (secondary N) is 1. The highest BCUT2D eigenvalue weighted by atomic mass is 16.1. The molecule has 0 aliphatic heterocycles. The van der Waals surface area contributed by atoms with Crippen LogP contribution in [0.5, 0.6) is 0 Å². The first-order chi connectivity index (χ1) is 8.17. The van der Waals surface area contributed by atoms with Crippen molar-refractivity contribution in [3.63, 3.8) is 0 Å². The summed E-state index contributed by atoms with van der Waals surface area (Å²) in [5.41, 5.74) is 3.98. The van der Waals surface area contributed by atoms with Crippen LogP contribution < -0.4 is 5.32 Å². The van der Waals surface area contributed by atoms with Crippen LogP contribution in [0.1, 0.15) is 42.8 Å². The minimum absolute atomic E-state index is 0.0789. The van der Waals surface area contributed by atoms with E-state index >= 15 is 0 Å². The van der Waals surface area contributed by atoms with Crippen LogP contribution in [0, 0.1) is 6.92 Å². The molecule has 0 spiro atoms. The zero-order valence-electron chi connectivity index (χ0n) is 10.6. The van der Waals surface area contributed by atoms with Crippen molar-refractivity contribution in [2.24, 2.45) is 0 Å². The van der Waals surface area contributed by atoms with Gasteiger partial charge in [-0.15, -0.1) is 0 Å². The van der Waals surface area contributed by atoms with Crippen molar-refractivity contribution < 1.29 is 4.79 Å². The molecule has 0 radical (unpaired) electrons. The van der Waals surface area contributed by atoms with E-state index in [4.69, 9.17) is 0 Å². The van der Waals surface area contributed by atoms with E-state index in [9.17, 15) is 4.79 Å². The van der Waals surface area contributed by atoms with Gasteiger partial charge in [-0.25, -0.2) is 0 Å². The van der Waals surface area contributed by atoms with Crippen molar-refractivity contribution in [3.05, 3.63) is 35.7 Å². The highest BCUT2D eigenvalue weighted by molar-refractivity contribution is 5.87. The second kappa shape index (κ2) is 4.78. The van der Waals surface area contributed by atoms with Crippen LogP contribution in [0.3, 0.4) is 0 Å². The van der Waals surface area contributed by atoms with Crippen molar-refractivity contribution in [2.75, 3.05) is 0 Å². The predicted octanol–water partition coefficient (Wildman–Crippen LogP) is 2.50. The molecule has 0 saturated carbocycles. The number of hydrogen-bond donors (Lipinski definition) is 1. The maximum atomic E-state index is 11.4. The summed E-state index contributed by atoms with van der Waals surface area (Å²) in [6.07, 6.45) is 4.63. The number of hydrogen-bond acceptors (Lipinski definition) is 1. The average molecular weight is 232 g/mol. The van der Waals surface area contributed by atoms with Crippen LogP contribution in [0.2, 0.25) is 0 Å². The highest BCUT2D eigenvalue weighted by Gasteiger charge is 2.24. The third-order valence-electron chi connectivity index (χ3n) is 3.55. The van der Waals surface area contributed by atoms with Crippen LogP contribution in [-0.4, -0.2) is 10.5 Å². The molecular formula is C14H20N2O. The smallest absolute Gasteiger partial charge is 0.243 e. The molecule has 1 amide bonds. The molecule has 2 rings (SSSR count). The number of rotatable bonds is 3. The topological polar surface area (TPSA) is 34.0 Å². The molecule has 17 heavy (non-hydrogen) atoms. The summed E-state index contributed by atoms with van der Waals surface area (Å²) in [7, 11) is 0. The van der Waals surface area contributed by atoms with Gasteiger partial charge < -0.3 is 9.88 Å². The number of fused-ring (bicyclic) bond motifs is 1. The Bertz CT molecular complexity index is 445. The third-order valence-corrected chi connectivity index (χ3v) is 3.55. The predicted molar refractivity (Wildman–Crippen MR) is 68.9 cm³/mol. The first kappa shape index (κ1) is 12.0. The average Bonchev–Trinajstić information content (AvgIpc) is 2.65. The van der Waals surface area contributed by atoms with Gasteiger partial charge in [0.2, 0.25) is 5.91 Å². The molecule has 3 nitrogen and oxygen atoms in total. The van der Waals surface area contributed by atoms with Crippen molar-refractivity contribution in [1.82, 2.24) is 9.88 Å². The van der Waals surface area contributed by atoms with Crippen LogP contribution >= 0.6 is 0 Å². The van der Waals surface area contributed by atoms with E-state index < -0.39 is 0 Å². The minimum Gasteiger partial charge on any atom is -0.349 e. The lowest BCUT2D eigenvalue weighted by atomic mass is 9.92. The minimum atomic E-state index is -0.0789. The lowest BCUT2D eigenvalue weighted by Crippen LogP contribution is -2.29.